The van der Waals surface area contributed by atoms with Crippen LogP contribution in [-0.2, 0) is 4.79 Å². The number of amides is 2. The maximum atomic E-state index is 14.0. The third-order valence-corrected chi connectivity index (χ3v) is 4.51. The van der Waals surface area contributed by atoms with E-state index >= 15 is 0 Å². The molecule has 2 aromatic carbocycles. The van der Waals surface area contributed by atoms with Crippen molar-refractivity contribution in [3.05, 3.63) is 70.8 Å². The second kappa shape index (κ2) is 9.44. The highest BCUT2D eigenvalue weighted by atomic mass is 19.1. The Morgan fingerprint density at radius 1 is 1.00 bits per heavy atom. The average Bonchev–Trinajstić information content (AvgIpc) is 2.60. The fourth-order valence-corrected chi connectivity index (χ4v) is 3.01. The zero-order valence-electron chi connectivity index (χ0n) is 16.6. The molecule has 2 atom stereocenters. The van der Waals surface area contributed by atoms with E-state index < -0.39 is 29.6 Å². The first-order valence-corrected chi connectivity index (χ1v) is 9.30. The van der Waals surface area contributed by atoms with Crippen molar-refractivity contribution in [3.8, 4) is 0 Å². The van der Waals surface area contributed by atoms with Crippen LogP contribution in [0.3, 0.4) is 0 Å². The molecule has 0 fully saturated rings. The van der Waals surface area contributed by atoms with Gasteiger partial charge in [0.2, 0.25) is 5.91 Å². The molecule has 0 aliphatic rings. The molecule has 0 aliphatic carbocycles. The van der Waals surface area contributed by atoms with E-state index in [0.717, 1.165) is 17.7 Å². The number of hydrogen-bond acceptors (Lipinski definition) is 2. The minimum atomic E-state index is -0.766. The quantitative estimate of drug-likeness (QED) is 0.743. The van der Waals surface area contributed by atoms with Crippen molar-refractivity contribution in [2.45, 2.75) is 46.2 Å². The SMILES string of the molecule is Cc1ccccc1C(=O)N[C@@H](CC(C)C)C(=O)N[C@@H](C)c1ccc(F)cc1F. The van der Waals surface area contributed by atoms with Crippen molar-refractivity contribution in [2.24, 2.45) is 5.92 Å². The highest BCUT2D eigenvalue weighted by molar-refractivity contribution is 5.98. The monoisotopic (exact) mass is 388 g/mol. The fraction of sp³-hybridized carbons (Fsp3) is 0.364. The Bertz CT molecular complexity index is 852. The fourth-order valence-electron chi connectivity index (χ4n) is 3.01. The van der Waals surface area contributed by atoms with Gasteiger partial charge in [-0.2, -0.15) is 0 Å². The van der Waals surface area contributed by atoms with Gasteiger partial charge in [-0.15, -0.1) is 0 Å². The number of benzene rings is 2. The van der Waals surface area contributed by atoms with Gasteiger partial charge in [0.15, 0.2) is 0 Å². The molecule has 6 heteroatoms. The third-order valence-electron chi connectivity index (χ3n) is 4.51. The van der Waals surface area contributed by atoms with Gasteiger partial charge in [0.25, 0.3) is 5.91 Å². The molecule has 2 aromatic rings. The summed E-state index contributed by atoms with van der Waals surface area (Å²) in [5.74, 6) is -1.99. The van der Waals surface area contributed by atoms with Gasteiger partial charge in [0.05, 0.1) is 6.04 Å². The number of carbonyl (C=O) groups excluding carboxylic acids is 2. The van der Waals surface area contributed by atoms with Crippen LogP contribution < -0.4 is 10.6 Å². The van der Waals surface area contributed by atoms with Gasteiger partial charge in [0, 0.05) is 17.2 Å². The van der Waals surface area contributed by atoms with Crippen LogP contribution in [0.25, 0.3) is 0 Å². The molecule has 0 heterocycles. The van der Waals surface area contributed by atoms with Crippen LogP contribution in [0.5, 0.6) is 0 Å². The standard InChI is InChI=1S/C22H26F2N2O2/c1-13(2)11-20(26-21(27)17-8-6-5-7-14(17)3)22(28)25-15(4)18-10-9-16(23)12-19(18)24/h5-10,12-13,15,20H,11H2,1-4H3,(H,25,28)(H,26,27)/t15-,20-/m0/s1. The molecular formula is C22H26F2N2O2. The molecule has 150 valence electrons. The lowest BCUT2D eigenvalue weighted by molar-refractivity contribution is -0.124. The topological polar surface area (TPSA) is 58.2 Å². The molecule has 0 spiro atoms. The van der Waals surface area contributed by atoms with Crippen LogP contribution in [0.1, 0.15) is 54.7 Å². The molecule has 0 aliphatic heterocycles. The van der Waals surface area contributed by atoms with Crippen molar-refractivity contribution in [1.29, 1.82) is 0 Å². The van der Waals surface area contributed by atoms with Gasteiger partial charge in [0.1, 0.15) is 17.7 Å². The van der Waals surface area contributed by atoms with E-state index in [9.17, 15) is 18.4 Å². The Morgan fingerprint density at radius 2 is 1.68 bits per heavy atom. The van der Waals surface area contributed by atoms with E-state index in [1.165, 1.54) is 6.07 Å². The summed E-state index contributed by atoms with van der Waals surface area (Å²) in [7, 11) is 0. The first-order chi connectivity index (χ1) is 13.2. The molecular weight excluding hydrogens is 362 g/mol. The largest absolute Gasteiger partial charge is 0.348 e. The molecule has 2 N–H and O–H groups in total. The number of nitrogens with one attached hydrogen (secondary N) is 2. The first kappa shape index (κ1) is 21.5. The lowest BCUT2D eigenvalue weighted by Gasteiger charge is -2.23. The van der Waals surface area contributed by atoms with E-state index in [2.05, 4.69) is 10.6 Å². The summed E-state index contributed by atoms with van der Waals surface area (Å²) < 4.78 is 27.1. The molecule has 2 rings (SSSR count). The van der Waals surface area contributed by atoms with Crippen molar-refractivity contribution < 1.29 is 18.4 Å². The molecule has 2 amide bonds. The van der Waals surface area contributed by atoms with Gasteiger partial charge in [-0.3, -0.25) is 9.59 Å². The minimum absolute atomic E-state index is 0.158. The second-order valence-corrected chi connectivity index (χ2v) is 7.37. The van der Waals surface area contributed by atoms with Crippen LogP contribution in [0, 0.1) is 24.5 Å². The zero-order valence-corrected chi connectivity index (χ0v) is 16.6. The third kappa shape index (κ3) is 5.62. The molecule has 0 saturated carbocycles. The van der Waals surface area contributed by atoms with Crippen LogP contribution in [-0.4, -0.2) is 17.9 Å². The number of rotatable bonds is 7. The summed E-state index contributed by atoms with van der Waals surface area (Å²) in [6, 6.07) is 8.92. The van der Waals surface area contributed by atoms with E-state index in [-0.39, 0.29) is 17.4 Å². The predicted octanol–water partition coefficient (Wildman–Crippen LogP) is 4.30. The molecule has 4 nitrogen and oxygen atoms in total. The number of aryl methyl sites for hydroxylation is 1. The Labute approximate surface area is 164 Å². The lowest BCUT2D eigenvalue weighted by atomic mass is 10.0. The Balaban J connectivity index is 2.14. The number of carbonyl (C=O) groups is 2. The van der Waals surface area contributed by atoms with Gasteiger partial charge in [-0.05, 0) is 43.9 Å². The summed E-state index contributed by atoms with van der Waals surface area (Å²) in [6.45, 7) is 7.34. The predicted molar refractivity (Wildman–Crippen MR) is 105 cm³/mol. The van der Waals surface area contributed by atoms with Gasteiger partial charge >= 0.3 is 0 Å². The molecule has 0 aromatic heterocycles. The Morgan fingerprint density at radius 3 is 2.29 bits per heavy atom. The van der Waals surface area contributed by atoms with E-state index in [1.54, 1.807) is 19.1 Å². The van der Waals surface area contributed by atoms with Crippen LogP contribution in [0.15, 0.2) is 42.5 Å². The summed E-state index contributed by atoms with van der Waals surface area (Å²) in [5.41, 5.74) is 1.50. The van der Waals surface area contributed by atoms with Crippen LogP contribution in [0.4, 0.5) is 8.78 Å². The normalized spacial score (nSPS) is 13.1. The molecule has 0 unspecified atom stereocenters. The summed E-state index contributed by atoms with van der Waals surface area (Å²) >= 11 is 0. The van der Waals surface area contributed by atoms with Crippen LogP contribution in [0.2, 0.25) is 0 Å². The number of hydrogen-bond donors (Lipinski definition) is 2. The molecule has 28 heavy (non-hydrogen) atoms. The molecule has 0 saturated heterocycles. The summed E-state index contributed by atoms with van der Waals surface area (Å²) in [5, 5.41) is 5.50. The summed E-state index contributed by atoms with van der Waals surface area (Å²) in [6.07, 6.45) is 0.433. The Kier molecular flexibility index (Phi) is 7.26. The minimum Gasteiger partial charge on any atom is -0.348 e. The highest BCUT2D eigenvalue weighted by Crippen LogP contribution is 2.18. The average molecular weight is 388 g/mol. The van der Waals surface area contributed by atoms with Gasteiger partial charge in [-0.1, -0.05) is 38.1 Å². The molecule has 0 bridgehead atoms. The van der Waals surface area contributed by atoms with Crippen molar-refractivity contribution in [2.75, 3.05) is 0 Å². The maximum Gasteiger partial charge on any atom is 0.252 e. The van der Waals surface area contributed by atoms with E-state index in [1.807, 2.05) is 32.9 Å². The van der Waals surface area contributed by atoms with Crippen molar-refractivity contribution in [3.63, 3.8) is 0 Å². The van der Waals surface area contributed by atoms with E-state index in [0.29, 0.717) is 12.0 Å². The van der Waals surface area contributed by atoms with Crippen LogP contribution >= 0.6 is 0 Å². The summed E-state index contributed by atoms with van der Waals surface area (Å²) in [4.78, 5) is 25.4. The van der Waals surface area contributed by atoms with E-state index in [4.69, 9.17) is 0 Å². The first-order valence-electron chi connectivity index (χ1n) is 9.30. The van der Waals surface area contributed by atoms with Crippen molar-refractivity contribution >= 4 is 11.8 Å². The van der Waals surface area contributed by atoms with Gasteiger partial charge < -0.3 is 10.6 Å². The highest BCUT2D eigenvalue weighted by Gasteiger charge is 2.25. The maximum absolute atomic E-state index is 14.0. The van der Waals surface area contributed by atoms with Crippen molar-refractivity contribution in [1.82, 2.24) is 10.6 Å². The lowest BCUT2D eigenvalue weighted by Crippen LogP contribution is -2.48. The zero-order chi connectivity index (χ0) is 20.8. The molecule has 0 radical (unpaired) electrons. The smallest absolute Gasteiger partial charge is 0.252 e. The van der Waals surface area contributed by atoms with Gasteiger partial charge in [-0.25, -0.2) is 8.78 Å². The Hall–Kier alpha value is -2.76. The number of halogens is 2. The second-order valence-electron chi connectivity index (χ2n) is 7.37.